The van der Waals surface area contributed by atoms with E-state index in [0.29, 0.717) is 11.1 Å². The van der Waals surface area contributed by atoms with Gasteiger partial charge in [0.25, 0.3) is 5.91 Å². The monoisotopic (exact) mass is 862 g/mol. The number of benzene rings is 3. The molecule has 62 heavy (non-hydrogen) atoms. The molecular formula is C48H64F2N4O8. The highest BCUT2D eigenvalue weighted by atomic mass is 19.3. The quantitative estimate of drug-likeness (QED) is 0.0563. The Bertz CT molecular complexity index is 1910. The Kier molecular flexibility index (Phi) is 19.7. The van der Waals surface area contributed by atoms with Crippen LogP contribution in [-0.2, 0) is 47.9 Å². The number of alkyl carbamates (subject to hydrolysis) is 1. The number of nitrogens with one attached hydrogen (secondary N) is 4. The number of aliphatic hydroxyl groups is 1. The molecule has 6 atom stereocenters. The second kappa shape index (κ2) is 24.1. The van der Waals surface area contributed by atoms with Crippen molar-refractivity contribution in [3.05, 3.63) is 120 Å². The van der Waals surface area contributed by atoms with Gasteiger partial charge in [0, 0.05) is 18.9 Å². The molecule has 0 fully saturated rings. The van der Waals surface area contributed by atoms with Crippen LogP contribution in [0.1, 0.15) is 78.0 Å². The second-order valence-corrected chi connectivity index (χ2v) is 17.4. The van der Waals surface area contributed by atoms with E-state index in [1.165, 1.54) is 19.3 Å². The van der Waals surface area contributed by atoms with Gasteiger partial charge < -0.3 is 35.8 Å². The van der Waals surface area contributed by atoms with Crippen LogP contribution in [0.3, 0.4) is 0 Å². The normalized spacial score (nSPS) is 14.9. The van der Waals surface area contributed by atoms with Gasteiger partial charge in [-0.05, 0) is 68.6 Å². The van der Waals surface area contributed by atoms with Crippen LogP contribution >= 0.6 is 0 Å². The number of alkyl halides is 2. The van der Waals surface area contributed by atoms with E-state index >= 15 is 8.78 Å². The summed E-state index contributed by atoms with van der Waals surface area (Å²) in [6, 6.07) is 21.6. The van der Waals surface area contributed by atoms with Gasteiger partial charge in [-0.15, -0.1) is 0 Å². The summed E-state index contributed by atoms with van der Waals surface area (Å²) < 4.78 is 42.8. The predicted octanol–water partition coefficient (Wildman–Crippen LogP) is 6.50. The Hall–Kier alpha value is -5.63. The minimum Gasteiger partial charge on any atom is -0.469 e. The van der Waals surface area contributed by atoms with Crippen molar-refractivity contribution in [2.24, 2.45) is 17.8 Å². The highest BCUT2D eigenvalue weighted by molar-refractivity contribution is 5.92. The summed E-state index contributed by atoms with van der Waals surface area (Å²) >= 11 is 0. The zero-order valence-electron chi connectivity index (χ0n) is 37.0. The third-order valence-corrected chi connectivity index (χ3v) is 9.73. The van der Waals surface area contributed by atoms with E-state index < -0.39 is 77.5 Å². The maximum atomic E-state index is 16.2. The van der Waals surface area contributed by atoms with Crippen molar-refractivity contribution in [3.63, 3.8) is 0 Å². The van der Waals surface area contributed by atoms with Crippen LogP contribution < -0.4 is 21.3 Å². The summed E-state index contributed by atoms with van der Waals surface area (Å²) in [5.74, 6) is -9.52. The summed E-state index contributed by atoms with van der Waals surface area (Å²) in [6.07, 6.45) is -0.240. The second-order valence-electron chi connectivity index (χ2n) is 17.4. The molecule has 0 aliphatic heterocycles. The number of amides is 4. The number of methoxy groups -OCH3 is 1. The van der Waals surface area contributed by atoms with E-state index in [1.807, 2.05) is 44.2 Å². The largest absolute Gasteiger partial charge is 0.469 e. The lowest BCUT2D eigenvalue weighted by molar-refractivity contribution is -0.169. The molecule has 0 aromatic heterocycles. The average Bonchev–Trinajstić information content (AvgIpc) is 3.20. The molecule has 0 aliphatic rings. The molecule has 3 rings (SSSR count). The molecule has 4 amide bonds. The van der Waals surface area contributed by atoms with Gasteiger partial charge in [0.15, 0.2) is 0 Å². The van der Waals surface area contributed by atoms with Crippen LogP contribution in [0, 0.1) is 17.8 Å². The van der Waals surface area contributed by atoms with E-state index in [-0.39, 0.29) is 43.9 Å². The Morgan fingerprint density at radius 3 is 1.55 bits per heavy atom. The summed E-state index contributed by atoms with van der Waals surface area (Å²) in [5.41, 5.74) is 1.30. The SMILES string of the molecule is COC(=O)[C@@H](/C=C/[C@H](CC(C)C)NC(=O)C(F)(F)[C@H](O)[C@H](CC(C)C)NC(=O)[C@H](Cc1ccccc1)NC(=O)[C@H](Cc1ccccc1)NC(=O)OC(C)(C)C)Cc1ccccc1. The Labute approximate surface area is 364 Å². The molecule has 0 bridgehead atoms. The fraction of sp³-hybridized carbons (Fsp3) is 0.479. The molecule has 0 saturated carbocycles. The summed E-state index contributed by atoms with van der Waals surface area (Å²) in [5, 5.41) is 21.5. The highest BCUT2D eigenvalue weighted by Crippen LogP contribution is 2.26. The van der Waals surface area contributed by atoms with Crippen LogP contribution in [0.5, 0.6) is 0 Å². The van der Waals surface area contributed by atoms with Crippen LogP contribution in [0.4, 0.5) is 13.6 Å². The number of hydrogen-bond donors (Lipinski definition) is 5. The highest BCUT2D eigenvalue weighted by Gasteiger charge is 2.51. The molecule has 0 spiro atoms. The Morgan fingerprint density at radius 1 is 0.645 bits per heavy atom. The number of halogens is 2. The smallest absolute Gasteiger partial charge is 0.408 e. The number of ether oxygens (including phenoxy) is 2. The van der Waals surface area contributed by atoms with Gasteiger partial charge in [0.2, 0.25) is 11.8 Å². The molecule has 0 radical (unpaired) electrons. The van der Waals surface area contributed by atoms with Gasteiger partial charge >= 0.3 is 18.0 Å². The third kappa shape index (κ3) is 17.4. The number of esters is 1. The lowest BCUT2D eigenvalue weighted by Crippen LogP contribution is -2.61. The van der Waals surface area contributed by atoms with Crippen molar-refractivity contribution in [2.45, 2.75) is 122 Å². The van der Waals surface area contributed by atoms with E-state index in [9.17, 15) is 29.1 Å². The van der Waals surface area contributed by atoms with Gasteiger partial charge in [-0.2, -0.15) is 8.78 Å². The van der Waals surface area contributed by atoms with E-state index in [4.69, 9.17) is 9.47 Å². The molecule has 12 nitrogen and oxygen atoms in total. The zero-order chi connectivity index (χ0) is 46.0. The first-order valence-corrected chi connectivity index (χ1v) is 21.0. The van der Waals surface area contributed by atoms with E-state index in [2.05, 4.69) is 21.3 Å². The first kappa shape index (κ1) is 50.7. The summed E-state index contributed by atoms with van der Waals surface area (Å²) in [6.45, 7) is 12.1. The molecular weight excluding hydrogens is 799 g/mol. The summed E-state index contributed by atoms with van der Waals surface area (Å²) in [4.78, 5) is 67.2. The van der Waals surface area contributed by atoms with Gasteiger partial charge in [-0.3, -0.25) is 19.2 Å². The van der Waals surface area contributed by atoms with Crippen LogP contribution in [0.2, 0.25) is 0 Å². The number of aliphatic hydroxyl groups excluding tert-OH is 1. The predicted molar refractivity (Wildman–Crippen MR) is 234 cm³/mol. The number of hydrogen-bond acceptors (Lipinski definition) is 8. The first-order valence-electron chi connectivity index (χ1n) is 21.0. The van der Waals surface area contributed by atoms with Crippen molar-refractivity contribution in [3.8, 4) is 0 Å². The van der Waals surface area contributed by atoms with Gasteiger partial charge in [0.05, 0.1) is 19.1 Å². The van der Waals surface area contributed by atoms with Gasteiger partial charge in [-0.25, -0.2) is 4.79 Å². The summed E-state index contributed by atoms with van der Waals surface area (Å²) in [7, 11) is 1.25. The third-order valence-electron chi connectivity index (χ3n) is 9.73. The minimum absolute atomic E-state index is 0.0327. The lowest BCUT2D eigenvalue weighted by Gasteiger charge is -2.33. The number of rotatable bonds is 22. The fourth-order valence-corrected chi connectivity index (χ4v) is 6.76. The van der Waals surface area contributed by atoms with Crippen molar-refractivity contribution in [2.75, 3.05) is 7.11 Å². The lowest BCUT2D eigenvalue weighted by atomic mass is 9.93. The molecule has 3 aromatic carbocycles. The van der Waals surface area contributed by atoms with Crippen LogP contribution in [-0.4, -0.2) is 83.8 Å². The average molecular weight is 863 g/mol. The van der Waals surface area contributed by atoms with Crippen molar-refractivity contribution in [1.82, 2.24) is 21.3 Å². The van der Waals surface area contributed by atoms with Crippen molar-refractivity contribution < 1.29 is 47.3 Å². The molecule has 0 unspecified atom stereocenters. The van der Waals surface area contributed by atoms with Crippen LogP contribution in [0.25, 0.3) is 0 Å². The number of carbonyl (C=O) groups excluding carboxylic acids is 5. The Morgan fingerprint density at radius 2 is 1.10 bits per heavy atom. The zero-order valence-corrected chi connectivity index (χ0v) is 37.0. The maximum Gasteiger partial charge on any atom is 0.408 e. The van der Waals surface area contributed by atoms with Crippen LogP contribution in [0.15, 0.2) is 103 Å². The standard InChI is InChI=1S/C48H64F2N4O8/c1-31(2)26-37(25-24-36(44(58)61-8)28-33-18-12-9-13-19-33)51-45(59)48(49,50)41(55)38(27-32(3)4)52-42(56)39(29-34-20-14-10-15-21-34)53-43(57)40(30-35-22-16-11-17-23-35)54-46(60)62-47(5,6)7/h9-25,31-32,36-41,55H,26-30H2,1-8H3,(H,51,59)(H,52,56)(H,53,57)(H,54,60)/b25-24+/t36-,37+,38-,39-,40-,41+/m0/s1. The van der Waals surface area contributed by atoms with Gasteiger partial charge in [0.1, 0.15) is 23.8 Å². The molecule has 14 heteroatoms. The van der Waals surface area contributed by atoms with E-state index in [1.54, 1.807) is 95.3 Å². The van der Waals surface area contributed by atoms with E-state index in [0.717, 1.165) is 5.56 Å². The molecule has 0 heterocycles. The topological polar surface area (TPSA) is 172 Å². The fourth-order valence-electron chi connectivity index (χ4n) is 6.76. The van der Waals surface area contributed by atoms with Crippen molar-refractivity contribution in [1.29, 1.82) is 0 Å². The van der Waals surface area contributed by atoms with Gasteiger partial charge in [-0.1, -0.05) is 131 Å². The number of carbonyl (C=O) groups is 5. The maximum absolute atomic E-state index is 16.2. The molecule has 3 aromatic rings. The molecule has 0 saturated heterocycles. The minimum atomic E-state index is -4.40. The van der Waals surface area contributed by atoms with Crippen molar-refractivity contribution >= 4 is 29.8 Å². The first-order chi connectivity index (χ1) is 29.2. The molecule has 338 valence electrons. The molecule has 5 N–H and O–H groups in total. The molecule has 0 aliphatic carbocycles. The Balaban J connectivity index is 1.89.